The van der Waals surface area contributed by atoms with Crippen LogP contribution in [0.1, 0.15) is 47.0 Å². The predicted molar refractivity (Wildman–Crippen MR) is 514 cm³/mol. The first-order valence-corrected chi connectivity index (χ1v) is 53.9. The molecule has 756 valence electrons. The van der Waals surface area contributed by atoms with Gasteiger partial charge in [0.1, 0.15) is 36.6 Å². The third kappa shape index (κ3) is 95.6. The lowest BCUT2D eigenvalue weighted by Gasteiger charge is -2.19. The Kier molecular flexibility index (Phi) is 111. The molecule has 4 saturated heterocycles. The topological polar surface area (TPSA) is 329 Å². The van der Waals surface area contributed by atoms with Crippen molar-refractivity contribution in [3.05, 3.63) is 12.7 Å². The van der Waals surface area contributed by atoms with Crippen molar-refractivity contribution in [2.24, 2.45) is 0 Å². The Bertz CT molecular complexity index is 1980. The van der Waals surface area contributed by atoms with Gasteiger partial charge in [0.2, 0.25) is 0 Å². The van der Waals surface area contributed by atoms with Crippen molar-refractivity contribution in [2.75, 3.05) is 455 Å². The zero-order chi connectivity index (χ0) is 86.8. The van der Waals surface area contributed by atoms with Gasteiger partial charge in [0.05, 0.1) is 297 Å². The highest BCUT2D eigenvalue weighted by Crippen LogP contribution is 2.13. The van der Waals surface area contributed by atoms with Crippen LogP contribution in [-0.4, -0.2) is 503 Å². The standard InChI is InChI=1S/C42H82O16S4.C42H80O15S4.2CH4.H2O/c43-4-1-5-50-34-40(56-17-16-45-7-3-9-52-36-42-39-55-23-31-60-27-19-47-11-13-49-21-29-62-33-25-58-42)37-53-15-14-44-6-2-8-51-35-41-38-54-22-30-59-26-18-46-10-12-48-20-28-61-32-24-57-41;1-2-5-49-34-40(55-17-16-44-7-4-9-51-36-42-39-54-23-31-59-27-19-46-11-13-48-21-29-61-33-25-57-42)37-52-15-14-43-6-3-8-50-35-41-38-53-22-30-58-26-18-45-10-12-47-20-28-60-32-24-56-41;;;/h40-43H,1-39H2;2,40-42H,1,3-39H2;2*1H4;1H2. The highest BCUT2D eigenvalue weighted by atomic mass is 32.2. The molecule has 0 aromatic heterocycles. The molecule has 0 aromatic carbocycles. The zero-order valence-electron chi connectivity index (χ0n) is 74.9. The Hall–Kier alpha value is 1.26. The second-order valence-corrected chi connectivity index (χ2v) is 37.1. The molecule has 0 bridgehead atoms. The molecule has 6 atom stereocenters. The summed E-state index contributed by atoms with van der Waals surface area (Å²) < 4.78 is 175. The number of hydrogen-bond acceptors (Lipinski definition) is 39. The molecule has 0 spiro atoms. The van der Waals surface area contributed by atoms with Crippen molar-refractivity contribution in [3.63, 3.8) is 0 Å². The Labute approximate surface area is 793 Å². The number of hydrogen-bond donors (Lipinski definition) is 1. The molecule has 3 N–H and O–H groups in total. The summed E-state index contributed by atoms with van der Waals surface area (Å²) in [5.74, 6) is 14.9. The van der Waals surface area contributed by atoms with Crippen molar-refractivity contribution in [1.29, 1.82) is 0 Å². The first-order chi connectivity index (χ1) is 61.3. The van der Waals surface area contributed by atoms with E-state index < -0.39 is 0 Å². The van der Waals surface area contributed by atoms with Gasteiger partial charge in [-0.15, -0.1) is 6.58 Å². The minimum atomic E-state index is -0.251. The van der Waals surface area contributed by atoms with Gasteiger partial charge in [0.25, 0.3) is 0 Å². The maximum atomic E-state index is 9.11. The smallest absolute Gasteiger partial charge is 0.104 e. The Morgan fingerprint density at radius 2 is 0.452 bits per heavy atom. The van der Waals surface area contributed by atoms with Crippen molar-refractivity contribution in [2.45, 2.75) is 83.6 Å². The van der Waals surface area contributed by atoms with Crippen LogP contribution in [0.15, 0.2) is 12.7 Å². The molecule has 126 heavy (non-hydrogen) atoms. The van der Waals surface area contributed by atoms with E-state index in [1.807, 2.05) is 94.1 Å². The fraction of sp³-hybridized carbons (Fsp3) is 0.977. The molecule has 4 aliphatic heterocycles. The lowest BCUT2D eigenvalue weighted by Crippen LogP contribution is -2.28. The minimum Gasteiger partial charge on any atom is -0.412 e. The lowest BCUT2D eigenvalue weighted by atomic mass is 10.4. The van der Waals surface area contributed by atoms with Crippen molar-refractivity contribution >= 4 is 94.1 Å². The largest absolute Gasteiger partial charge is 0.412 e. The SMILES string of the molecule is C.C.C=CCOCC(COCCOCCCOCC1COCCSCCOCCOCCSCCO1)OCCOCCCOCC1COCCSCCOCCOCCSCCO1.O.OCCCOCC(COCCOCCCOCC1COCCSCCOCCOCCSCCO1)OCCOCCCOCC1COCCSCCOCCOCCSCCO1. The molecule has 0 saturated carbocycles. The van der Waals surface area contributed by atoms with Crippen molar-refractivity contribution in [1.82, 2.24) is 0 Å². The third-order valence-electron chi connectivity index (χ3n) is 16.8. The quantitative estimate of drug-likeness (QED) is 0.0443. The highest BCUT2D eigenvalue weighted by Gasteiger charge is 2.18. The van der Waals surface area contributed by atoms with E-state index in [9.17, 15) is 0 Å². The summed E-state index contributed by atoms with van der Waals surface area (Å²) in [5.41, 5.74) is 0. The number of aliphatic hydroxyl groups is 1. The molecule has 32 nitrogen and oxygen atoms in total. The maximum Gasteiger partial charge on any atom is 0.104 e. The van der Waals surface area contributed by atoms with Gasteiger partial charge in [-0.25, -0.2) is 0 Å². The number of rotatable bonds is 51. The molecule has 0 radical (unpaired) electrons. The first-order valence-electron chi connectivity index (χ1n) is 44.7. The predicted octanol–water partition coefficient (Wildman–Crippen LogP) is 8.18. The van der Waals surface area contributed by atoms with E-state index in [1.165, 1.54) is 0 Å². The van der Waals surface area contributed by atoms with Crippen LogP contribution in [0.2, 0.25) is 0 Å². The first kappa shape index (κ1) is 127. The van der Waals surface area contributed by atoms with Gasteiger partial charge in [-0.2, -0.15) is 94.1 Å². The Morgan fingerprint density at radius 3 is 0.706 bits per heavy atom. The van der Waals surface area contributed by atoms with Crippen molar-refractivity contribution in [3.8, 4) is 0 Å². The van der Waals surface area contributed by atoms with Crippen LogP contribution in [0.5, 0.6) is 0 Å². The average Bonchev–Trinajstić information content (AvgIpc) is 1.02. The molecule has 4 heterocycles. The van der Waals surface area contributed by atoms with Crippen LogP contribution in [0.3, 0.4) is 0 Å². The van der Waals surface area contributed by atoms with E-state index >= 15 is 0 Å². The van der Waals surface area contributed by atoms with Gasteiger partial charge in [-0.05, 0) is 32.1 Å². The van der Waals surface area contributed by atoms with E-state index in [1.54, 1.807) is 6.08 Å². The highest BCUT2D eigenvalue weighted by molar-refractivity contribution is 8.00. The molecule has 4 fully saturated rings. The molecule has 0 aliphatic carbocycles. The minimum absolute atomic E-state index is 0. The van der Waals surface area contributed by atoms with Gasteiger partial charge in [-0.3, -0.25) is 0 Å². The Balaban J connectivity index is 0.00000242. The summed E-state index contributed by atoms with van der Waals surface area (Å²) in [6, 6.07) is 0. The molecular formula is C86H172O32S8. The van der Waals surface area contributed by atoms with E-state index in [2.05, 4.69) is 6.58 Å². The van der Waals surface area contributed by atoms with Crippen LogP contribution in [-0.2, 0) is 142 Å². The number of ether oxygens (including phenoxy) is 30. The van der Waals surface area contributed by atoms with Crippen LogP contribution < -0.4 is 0 Å². The van der Waals surface area contributed by atoms with Crippen LogP contribution in [0.25, 0.3) is 0 Å². The molecule has 40 heteroatoms. The van der Waals surface area contributed by atoms with E-state index in [0.29, 0.717) is 310 Å². The second-order valence-electron chi connectivity index (χ2n) is 27.3. The summed E-state index contributed by atoms with van der Waals surface area (Å²) in [7, 11) is 0. The van der Waals surface area contributed by atoms with E-state index in [-0.39, 0.29) is 63.6 Å². The van der Waals surface area contributed by atoms with Crippen LogP contribution in [0, 0.1) is 0 Å². The van der Waals surface area contributed by atoms with Crippen LogP contribution in [0.4, 0.5) is 0 Å². The van der Waals surface area contributed by atoms with Crippen LogP contribution >= 0.6 is 94.1 Å². The second kappa shape index (κ2) is 110. The number of thioether (sulfide) groups is 8. The van der Waals surface area contributed by atoms with Gasteiger partial charge < -0.3 is 153 Å². The summed E-state index contributed by atoms with van der Waals surface area (Å²) in [5, 5.41) is 9.11. The molecular weight excluding hydrogens is 1800 g/mol. The van der Waals surface area contributed by atoms with E-state index in [4.69, 9.17) is 147 Å². The fourth-order valence-electron chi connectivity index (χ4n) is 10.5. The van der Waals surface area contributed by atoms with Gasteiger partial charge >= 0.3 is 0 Å². The summed E-state index contributed by atoms with van der Waals surface area (Å²) in [4.78, 5) is 0. The summed E-state index contributed by atoms with van der Waals surface area (Å²) in [6.07, 6.45) is 4.53. The molecule has 4 rings (SSSR count). The van der Waals surface area contributed by atoms with Gasteiger partial charge in [0, 0.05) is 158 Å². The van der Waals surface area contributed by atoms with Gasteiger partial charge in [-0.1, -0.05) is 20.9 Å². The summed E-state index contributed by atoms with van der Waals surface area (Å²) in [6.45, 7) is 34.9. The lowest BCUT2D eigenvalue weighted by molar-refractivity contribution is -0.0813. The average molecular weight is 1970 g/mol. The van der Waals surface area contributed by atoms with Gasteiger partial charge in [0.15, 0.2) is 0 Å². The molecule has 0 aromatic rings. The summed E-state index contributed by atoms with van der Waals surface area (Å²) >= 11 is 14.6. The normalized spacial score (nSPS) is 21.7. The zero-order valence-corrected chi connectivity index (χ0v) is 81.5. The van der Waals surface area contributed by atoms with Crippen molar-refractivity contribution < 1.29 is 153 Å². The molecule has 0 amide bonds. The maximum absolute atomic E-state index is 9.11. The fourth-order valence-corrected chi connectivity index (χ4v) is 15.9. The van der Waals surface area contributed by atoms with E-state index in [0.717, 1.165) is 171 Å². The third-order valence-corrected chi connectivity index (χ3v) is 24.1. The molecule has 6 unspecified atom stereocenters. The Morgan fingerprint density at radius 1 is 0.246 bits per heavy atom. The monoisotopic (exact) mass is 1970 g/mol. The number of aliphatic hydroxyl groups excluding tert-OH is 1. The molecule has 4 aliphatic rings.